The predicted octanol–water partition coefficient (Wildman–Crippen LogP) is 8.26. The van der Waals surface area contributed by atoms with Crippen LogP contribution in [0.5, 0.6) is 5.75 Å². The normalized spacial score (nSPS) is 15.7. The standard InChI is InChI=1S/C42H49N7O3/c1-9-41(5,6)30-18-22-36(32(24-30)42(7,8)10-2)52-26-37(50)43-31-19-16-29(17-20-31)25-48-40(51)38(39(46-48)44-33-14-12-11-13-28(33)4)49-35-23-27(3)15-21-34(35)45-47-49/h11-24,38H,9-10,25-26H2,1-8H3,(H,43,50)(H,44,46). The highest BCUT2D eigenvalue weighted by atomic mass is 16.5. The number of rotatable bonds is 12. The van der Waals surface area contributed by atoms with Gasteiger partial charge in [0.25, 0.3) is 11.8 Å². The molecule has 10 heteroatoms. The van der Waals surface area contributed by atoms with Gasteiger partial charge < -0.3 is 10.1 Å². The molecule has 10 nitrogen and oxygen atoms in total. The first kappa shape index (κ1) is 36.3. The molecule has 5 aromatic rings. The Balaban J connectivity index is 1.15. The fourth-order valence-electron chi connectivity index (χ4n) is 6.22. The van der Waals surface area contributed by atoms with E-state index in [1.807, 2.05) is 86.6 Å². The van der Waals surface area contributed by atoms with Gasteiger partial charge in [-0.25, -0.2) is 14.7 Å². The van der Waals surface area contributed by atoms with E-state index in [0.29, 0.717) is 17.0 Å². The molecule has 1 aliphatic rings. The van der Waals surface area contributed by atoms with Gasteiger partial charge in [0, 0.05) is 11.3 Å². The molecule has 2 N–H and O–H groups in total. The topological polar surface area (TPSA) is 114 Å². The number of para-hydroxylation sites is 1. The van der Waals surface area contributed by atoms with E-state index in [9.17, 15) is 9.59 Å². The zero-order chi connectivity index (χ0) is 37.2. The van der Waals surface area contributed by atoms with Gasteiger partial charge in [-0.05, 0) is 96.2 Å². The fraction of sp³-hybridized carbons (Fsp3) is 0.357. The van der Waals surface area contributed by atoms with Gasteiger partial charge in [-0.3, -0.25) is 15.0 Å². The molecule has 1 fully saturated rings. The third-order valence-electron chi connectivity index (χ3n) is 10.4. The van der Waals surface area contributed by atoms with Crippen LogP contribution in [-0.4, -0.2) is 44.3 Å². The van der Waals surface area contributed by atoms with Crippen LogP contribution in [0.25, 0.3) is 11.0 Å². The van der Waals surface area contributed by atoms with Crippen LogP contribution in [0.2, 0.25) is 0 Å². The second-order valence-corrected chi connectivity index (χ2v) is 15.0. The third kappa shape index (κ3) is 7.56. The van der Waals surface area contributed by atoms with Crippen molar-refractivity contribution in [2.45, 2.75) is 91.6 Å². The van der Waals surface area contributed by atoms with Crippen molar-refractivity contribution in [3.05, 3.63) is 113 Å². The molecule has 0 aliphatic carbocycles. The zero-order valence-corrected chi connectivity index (χ0v) is 31.4. The minimum Gasteiger partial charge on any atom is -0.483 e. The quantitative estimate of drug-likeness (QED) is 0.136. The Kier molecular flexibility index (Phi) is 10.2. The molecular weight excluding hydrogens is 651 g/mol. The van der Waals surface area contributed by atoms with Crippen molar-refractivity contribution in [1.29, 1.82) is 0 Å². The van der Waals surface area contributed by atoms with Crippen molar-refractivity contribution in [2.75, 3.05) is 11.9 Å². The van der Waals surface area contributed by atoms with Crippen molar-refractivity contribution < 1.29 is 14.3 Å². The number of hydrogen-bond donors (Lipinski definition) is 2. The minimum absolute atomic E-state index is 0.0446. The molecule has 0 spiro atoms. The summed E-state index contributed by atoms with van der Waals surface area (Å²) >= 11 is 0. The number of ether oxygens (including phenoxy) is 1. The molecule has 6 rings (SSSR count). The fourth-order valence-corrected chi connectivity index (χ4v) is 6.22. The Morgan fingerprint density at radius 1 is 0.923 bits per heavy atom. The van der Waals surface area contributed by atoms with Gasteiger partial charge in [0.1, 0.15) is 11.3 Å². The Morgan fingerprint density at radius 3 is 2.37 bits per heavy atom. The molecule has 4 aromatic carbocycles. The van der Waals surface area contributed by atoms with E-state index in [0.717, 1.165) is 52.0 Å². The van der Waals surface area contributed by atoms with Gasteiger partial charge in [-0.1, -0.05) is 95.3 Å². The number of aryl methyl sites for hydroxylation is 2. The zero-order valence-electron chi connectivity index (χ0n) is 31.4. The number of amidine groups is 1. The smallest absolute Gasteiger partial charge is 0.274 e. The van der Waals surface area contributed by atoms with E-state index in [-0.39, 0.29) is 35.8 Å². The summed E-state index contributed by atoms with van der Waals surface area (Å²) in [7, 11) is 0. The molecular formula is C42H49N7O3. The summed E-state index contributed by atoms with van der Waals surface area (Å²) in [5.74, 6) is 0.740. The lowest BCUT2D eigenvalue weighted by Gasteiger charge is -2.30. The summed E-state index contributed by atoms with van der Waals surface area (Å²) in [6, 6.07) is 26.6. The highest BCUT2D eigenvalue weighted by Crippen LogP contribution is 2.38. The van der Waals surface area contributed by atoms with Crippen LogP contribution < -0.4 is 15.5 Å². The first-order valence-electron chi connectivity index (χ1n) is 18.0. The van der Waals surface area contributed by atoms with Crippen molar-refractivity contribution in [2.24, 2.45) is 4.99 Å². The van der Waals surface area contributed by atoms with Gasteiger partial charge in [-0.2, -0.15) is 0 Å². The molecule has 0 saturated carbocycles. The van der Waals surface area contributed by atoms with Gasteiger partial charge in [0.15, 0.2) is 18.5 Å². The number of fused-ring (bicyclic) bond motifs is 1. The number of anilines is 1. The number of amides is 2. The Labute approximate surface area is 306 Å². The first-order chi connectivity index (χ1) is 24.8. The highest BCUT2D eigenvalue weighted by Gasteiger charge is 2.41. The van der Waals surface area contributed by atoms with E-state index in [4.69, 9.17) is 9.73 Å². The maximum atomic E-state index is 14.0. The van der Waals surface area contributed by atoms with Gasteiger partial charge in [0.05, 0.1) is 17.7 Å². The van der Waals surface area contributed by atoms with Gasteiger partial charge >= 0.3 is 0 Å². The molecule has 2 heterocycles. The summed E-state index contributed by atoms with van der Waals surface area (Å²) in [6.45, 7) is 17.4. The second kappa shape index (κ2) is 14.6. The average molecular weight is 700 g/mol. The van der Waals surface area contributed by atoms with Crippen molar-refractivity contribution >= 4 is 40.1 Å². The van der Waals surface area contributed by atoms with Crippen LogP contribution in [0, 0.1) is 13.8 Å². The van der Waals surface area contributed by atoms with E-state index in [1.165, 1.54) is 5.56 Å². The number of hydrazine groups is 1. The number of carbonyl (C=O) groups is 2. The first-order valence-corrected chi connectivity index (χ1v) is 18.0. The number of nitrogens with one attached hydrogen (secondary N) is 2. The van der Waals surface area contributed by atoms with E-state index < -0.39 is 6.04 Å². The molecule has 0 bridgehead atoms. The van der Waals surface area contributed by atoms with Crippen molar-refractivity contribution in [3.63, 3.8) is 0 Å². The Bertz CT molecular complexity index is 2130. The molecule has 52 heavy (non-hydrogen) atoms. The van der Waals surface area contributed by atoms with Crippen LogP contribution in [0.4, 0.5) is 11.4 Å². The van der Waals surface area contributed by atoms with Crippen LogP contribution in [0.1, 0.15) is 88.2 Å². The van der Waals surface area contributed by atoms with Gasteiger partial charge in [-0.15, -0.1) is 5.10 Å². The summed E-state index contributed by atoms with van der Waals surface area (Å²) in [5.41, 5.74) is 11.3. The predicted molar refractivity (Wildman–Crippen MR) is 207 cm³/mol. The van der Waals surface area contributed by atoms with Crippen molar-refractivity contribution in [1.82, 2.24) is 25.4 Å². The highest BCUT2D eigenvalue weighted by molar-refractivity contribution is 6.11. The summed E-state index contributed by atoms with van der Waals surface area (Å²) in [6.07, 6.45) is 1.96. The Morgan fingerprint density at radius 2 is 1.65 bits per heavy atom. The molecule has 1 aliphatic heterocycles. The summed E-state index contributed by atoms with van der Waals surface area (Å²) < 4.78 is 7.77. The van der Waals surface area contributed by atoms with Crippen LogP contribution >= 0.6 is 0 Å². The lowest BCUT2D eigenvalue weighted by Crippen LogP contribution is -2.35. The maximum Gasteiger partial charge on any atom is 0.274 e. The van der Waals surface area contributed by atoms with Crippen LogP contribution in [0.15, 0.2) is 89.9 Å². The number of carbonyl (C=O) groups excluding carboxylic acids is 2. The SMILES string of the molecule is CCC(C)(C)c1ccc(OCC(=O)Nc2ccc(CN3NC(=Nc4ccccc4C)C(n4nnc5ccc(C)cc54)C3=O)cc2)c(C(C)(C)CC)c1. The van der Waals surface area contributed by atoms with Crippen LogP contribution in [0.3, 0.4) is 0 Å². The monoisotopic (exact) mass is 699 g/mol. The average Bonchev–Trinajstić information content (AvgIpc) is 3.67. The second-order valence-electron chi connectivity index (χ2n) is 15.0. The lowest BCUT2D eigenvalue weighted by molar-refractivity contribution is -0.132. The minimum atomic E-state index is -0.817. The molecule has 1 unspecified atom stereocenters. The number of benzene rings is 4. The molecule has 0 radical (unpaired) electrons. The molecule has 1 atom stereocenters. The number of aliphatic imine (C=N–C) groups is 1. The van der Waals surface area contributed by atoms with E-state index in [1.54, 1.807) is 9.69 Å². The molecule has 1 saturated heterocycles. The summed E-state index contributed by atoms with van der Waals surface area (Å²) in [4.78, 5) is 32.0. The molecule has 1 aromatic heterocycles. The van der Waals surface area contributed by atoms with E-state index >= 15 is 0 Å². The maximum absolute atomic E-state index is 14.0. The molecule has 2 amide bonds. The molecule has 270 valence electrons. The lowest BCUT2D eigenvalue weighted by atomic mass is 9.76. The Hall–Kier alpha value is -5.51. The largest absolute Gasteiger partial charge is 0.483 e. The van der Waals surface area contributed by atoms with Crippen molar-refractivity contribution in [3.8, 4) is 5.75 Å². The number of nitrogens with zero attached hydrogens (tertiary/aromatic N) is 5. The third-order valence-corrected chi connectivity index (χ3v) is 10.4. The number of aromatic nitrogens is 3. The summed E-state index contributed by atoms with van der Waals surface area (Å²) in [5, 5.41) is 13.2. The van der Waals surface area contributed by atoms with Gasteiger partial charge in [0.2, 0.25) is 0 Å². The van der Waals surface area contributed by atoms with Crippen LogP contribution in [-0.2, 0) is 27.0 Å². The number of hydrogen-bond acceptors (Lipinski definition) is 6. The van der Waals surface area contributed by atoms with E-state index in [2.05, 4.69) is 74.7 Å².